The van der Waals surface area contributed by atoms with E-state index in [-0.39, 0.29) is 5.91 Å². The predicted octanol–water partition coefficient (Wildman–Crippen LogP) is 2.26. The average Bonchev–Trinajstić information content (AvgIpc) is 2.54. The van der Waals surface area contributed by atoms with E-state index in [1.54, 1.807) is 31.2 Å². The van der Waals surface area contributed by atoms with Crippen molar-refractivity contribution in [3.8, 4) is 5.75 Å². The van der Waals surface area contributed by atoms with E-state index in [2.05, 4.69) is 10.6 Å². The van der Waals surface area contributed by atoms with E-state index in [0.717, 1.165) is 5.56 Å². The van der Waals surface area contributed by atoms with Crippen LogP contribution < -0.4 is 21.1 Å². The van der Waals surface area contributed by atoms with E-state index in [9.17, 15) is 9.59 Å². The summed E-state index contributed by atoms with van der Waals surface area (Å²) in [5.41, 5.74) is 6.67. The van der Waals surface area contributed by atoms with Gasteiger partial charge in [-0.15, -0.1) is 0 Å². The Morgan fingerprint density at radius 1 is 1.09 bits per heavy atom. The van der Waals surface area contributed by atoms with Gasteiger partial charge in [0.2, 0.25) is 5.91 Å². The molecule has 0 saturated heterocycles. The number of hydrogen-bond acceptors (Lipinski definition) is 3. The third-order valence-electron chi connectivity index (χ3n) is 3.12. The van der Waals surface area contributed by atoms with Crippen LogP contribution in [0.5, 0.6) is 5.75 Å². The van der Waals surface area contributed by atoms with E-state index in [4.69, 9.17) is 10.5 Å². The van der Waals surface area contributed by atoms with Crippen LogP contribution in [0.3, 0.4) is 0 Å². The minimum atomic E-state index is -0.739. The molecule has 6 nitrogen and oxygen atoms in total. The lowest BCUT2D eigenvalue weighted by Crippen LogP contribution is -2.44. The number of hydrogen-bond donors (Lipinski definition) is 3. The molecular formula is C17H19N3O3. The van der Waals surface area contributed by atoms with Crippen molar-refractivity contribution >= 4 is 17.6 Å². The van der Waals surface area contributed by atoms with Gasteiger partial charge in [-0.2, -0.15) is 0 Å². The van der Waals surface area contributed by atoms with Crippen LogP contribution in [-0.4, -0.2) is 18.0 Å². The van der Waals surface area contributed by atoms with Crippen molar-refractivity contribution in [2.75, 3.05) is 5.32 Å². The predicted molar refractivity (Wildman–Crippen MR) is 88.0 cm³/mol. The molecule has 4 N–H and O–H groups in total. The summed E-state index contributed by atoms with van der Waals surface area (Å²) in [5, 5.41) is 5.00. The molecule has 23 heavy (non-hydrogen) atoms. The summed E-state index contributed by atoms with van der Waals surface area (Å²) in [6.07, 6.45) is 0. The van der Waals surface area contributed by atoms with Crippen molar-refractivity contribution in [3.05, 3.63) is 60.2 Å². The third kappa shape index (κ3) is 5.35. The number of ether oxygens (including phenoxy) is 1. The van der Waals surface area contributed by atoms with Crippen LogP contribution in [0.25, 0.3) is 0 Å². The second kappa shape index (κ2) is 7.84. The van der Waals surface area contributed by atoms with Gasteiger partial charge in [-0.1, -0.05) is 30.3 Å². The Labute approximate surface area is 134 Å². The van der Waals surface area contributed by atoms with Crippen LogP contribution in [-0.2, 0) is 11.4 Å². The van der Waals surface area contributed by atoms with Crippen LogP contribution in [0.4, 0.5) is 10.5 Å². The molecule has 0 radical (unpaired) electrons. The molecular weight excluding hydrogens is 294 g/mol. The maximum absolute atomic E-state index is 11.8. The van der Waals surface area contributed by atoms with E-state index in [1.165, 1.54) is 0 Å². The quantitative estimate of drug-likeness (QED) is 0.763. The van der Waals surface area contributed by atoms with Gasteiger partial charge in [0.1, 0.15) is 18.4 Å². The first-order chi connectivity index (χ1) is 11.0. The molecule has 2 aromatic rings. The third-order valence-corrected chi connectivity index (χ3v) is 3.12. The van der Waals surface area contributed by atoms with Crippen molar-refractivity contribution in [2.45, 2.75) is 19.6 Å². The molecule has 0 fully saturated rings. The Bertz CT molecular complexity index is 657. The van der Waals surface area contributed by atoms with Crippen molar-refractivity contribution < 1.29 is 14.3 Å². The number of rotatable bonds is 6. The highest BCUT2D eigenvalue weighted by atomic mass is 16.5. The van der Waals surface area contributed by atoms with Gasteiger partial charge in [0, 0.05) is 5.69 Å². The highest BCUT2D eigenvalue weighted by Crippen LogP contribution is 2.17. The van der Waals surface area contributed by atoms with Gasteiger partial charge in [0.05, 0.1) is 0 Å². The minimum Gasteiger partial charge on any atom is -0.489 e. The van der Waals surface area contributed by atoms with Gasteiger partial charge in [-0.05, 0) is 36.8 Å². The molecule has 0 heterocycles. The number of urea groups is 1. The average molecular weight is 313 g/mol. The molecule has 0 aliphatic heterocycles. The lowest BCUT2D eigenvalue weighted by Gasteiger charge is -2.13. The van der Waals surface area contributed by atoms with E-state index >= 15 is 0 Å². The first kappa shape index (κ1) is 16.4. The number of primary amides is 1. The first-order valence-electron chi connectivity index (χ1n) is 7.18. The summed E-state index contributed by atoms with van der Waals surface area (Å²) in [6.45, 7) is 2.03. The molecule has 0 bridgehead atoms. The van der Waals surface area contributed by atoms with Crippen molar-refractivity contribution in [2.24, 2.45) is 5.73 Å². The molecule has 0 aliphatic carbocycles. The Morgan fingerprint density at radius 2 is 1.74 bits per heavy atom. The smallest absolute Gasteiger partial charge is 0.312 e. The topological polar surface area (TPSA) is 93.5 Å². The highest BCUT2D eigenvalue weighted by Gasteiger charge is 2.13. The summed E-state index contributed by atoms with van der Waals surface area (Å²) in [7, 11) is 0. The summed E-state index contributed by atoms with van der Waals surface area (Å²) in [4.78, 5) is 22.5. The molecule has 0 unspecified atom stereocenters. The van der Waals surface area contributed by atoms with E-state index in [0.29, 0.717) is 18.0 Å². The largest absolute Gasteiger partial charge is 0.489 e. The summed E-state index contributed by atoms with van der Waals surface area (Å²) >= 11 is 0. The zero-order valence-corrected chi connectivity index (χ0v) is 12.8. The number of anilines is 1. The lowest BCUT2D eigenvalue weighted by molar-refractivity contribution is -0.117. The number of nitrogens with one attached hydrogen (secondary N) is 2. The van der Waals surface area contributed by atoms with Crippen LogP contribution in [0.2, 0.25) is 0 Å². The van der Waals surface area contributed by atoms with Crippen molar-refractivity contribution in [1.29, 1.82) is 0 Å². The Morgan fingerprint density at radius 3 is 2.35 bits per heavy atom. The van der Waals surface area contributed by atoms with E-state index < -0.39 is 12.1 Å². The van der Waals surface area contributed by atoms with Crippen LogP contribution in [0.1, 0.15) is 12.5 Å². The zero-order chi connectivity index (χ0) is 16.7. The molecule has 6 heteroatoms. The number of amides is 3. The minimum absolute atomic E-state index is 0.346. The Balaban J connectivity index is 1.87. The molecule has 0 saturated carbocycles. The standard InChI is InChI=1S/C17H19N3O3/c1-12(19-17(18)22)16(21)20-14-7-9-15(10-8-14)23-11-13-5-3-2-4-6-13/h2-10,12H,11H2,1H3,(H,20,21)(H3,18,19,22)/t12-/m0/s1. The summed E-state index contributed by atoms with van der Waals surface area (Å²) in [6, 6.07) is 15.4. The van der Waals surface area contributed by atoms with E-state index in [1.807, 2.05) is 30.3 Å². The number of carbonyl (C=O) groups is 2. The monoisotopic (exact) mass is 313 g/mol. The molecule has 3 amide bonds. The second-order valence-electron chi connectivity index (χ2n) is 5.02. The molecule has 0 aromatic heterocycles. The number of carbonyl (C=O) groups excluding carboxylic acids is 2. The lowest BCUT2D eigenvalue weighted by atomic mass is 10.2. The maximum atomic E-state index is 11.8. The van der Waals surface area contributed by atoms with Gasteiger partial charge in [-0.3, -0.25) is 4.79 Å². The second-order valence-corrected chi connectivity index (χ2v) is 5.02. The van der Waals surface area contributed by atoms with Crippen molar-refractivity contribution in [3.63, 3.8) is 0 Å². The first-order valence-corrected chi connectivity index (χ1v) is 7.18. The normalized spacial score (nSPS) is 11.3. The fourth-order valence-corrected chi connectivity index (χ4v) is 1.90. The van der Waals surface area contributed by atoms with Gasteiger partial charge in [0.25, 0.3) is 0 Å². The molecule has 1 atom stereocenters. The van der Waals surface area contributed by atoms with Gasteiger partial charge >= 0.3 is 6.03 Å². The Hall–Kier alpha value is -3.02. The molecule has 120 valence electrons. The molecule has 2 aromatic carbocycles. The summed E-state index contributed by atoms with van der Waals surface area (Å²) < 4.78 is 5.67. The van der Waals surface area contributed by atoms with Crippen LogP contribution >= 0.6 is 0 Å². The summed E-state index contributed by atoms with van der Waals surface area (Å²) in [5.74, 6) is 0.358. The molecule has 0 spiro atoms. The fourth-order valence-electron chi connectivity index (χ4n) is 1.90. The maximum Gasteiger partial charge on any atom is 0.312 e. The van der Waals surface area contributed by atoms with Gasteiger partial charge in [-0.25, -0.2) is 4.79 Å². The molecule has 2 rings (SSSR count). The van der Waals surface area contributed by atoms with Crippen molar-refractivity contribution in [1.82, 2.24) is 5.32 Å². The number of nitrogens with two attached hydrogens (primary N) is 1. The highest BCUT2D eigenvalue weighted by molar-refractivity contribution is 5.96. The molecule has 0 aliphatic rings. The zero-order valence-electron chi connectivity index (χ0n) is 12.8. The Kier molecular flexibility index (Phi) is 5.57. The number of benzene rings is 2. The van der Waals surface area contributed by atoms with Crippen LogP contribution in [0, 0.1) is 0 Å². The fraction of sp³-hybridized carbons (Fsp3) is 0.176. The van der Waals surface area contributed by atoms with Crippen LogP contribution in [0.15, 0.2) is 54.6 Å². The SMILES string of the molecule is C[C@H](NC(N)=O)C(=O)Nc1ccc(OCc2ccccc2)cc1. The van der Waals surface area contributed by atoms with Gasteiger partial charge < -0.3 is 21.1 Å². The van der Waals surface area contributed by atoms with Gasteiger partial charge in [0.15, 0.2) is 0 Å².